The van der Waals surface area contributed by atoms with Gasteiger partial charge in [-0.3, -0.25) is 15.1 Å². The molecule has 6 nitrogen and oxygen atoms in total. The molecule has 0 atom stereocenters. The van der Waals surface area contributed by atoms with E-state index in [1.807, 2.05) is 8.23 Å². The number of non-ortho nitro benzene ring substituents is 1. The maximum absolute atomic E-state index is 10.8. The molecule has 0 unspecified atom stereocenters. The van der Waals surface area contributed by atoms with E-state index in [-0.39, 0.29) is 10.6 Å². The van der Waals surface area contributed by atoms with E-state index in [1.54, 1.807) is 18.2 Å². The summed E-state index contributed by atoms with van der Waals surface area (Å²) >= 11 is 2.20. The summed E-state index contributed by atoms with van der Waals surface area (Å²) in [5.41, 5.74) is 2.09. The number of rotatable bonds is 6. The molecule has 0 spiro atoms. The maximum Gasteiger partial charge on any atom is 0.269 e. The Hall–Kier alpha value is -0.713. The Labute approximate surface area is 139 Å². The van der Waals surface area contributed by atoms with Gasteiger partial charge >= 0.3 is 0 Å². The number of anilines is 1. The van der Waals surface area contributed by atoms with Gasteiger partial charge in [0.05, 0.1) is 17.2 Å². The van der Waals surface area contributed by atoms with Crippen LogP contribution in [-0.4, -0.2) is 29.6 Å². The van der Waals surface area contributed by atoms with Crippen LogP contribution in [0.25, 0.3) is 0 Å². The predicted octanol–water partition coefficient (Wildman–Crippen LogP) is 3.79. The summed E-state index contributed by atoms with van der Waals surface area (Å²) < 4.78 is 7.78. The van der Waals surface area contributed by atoms with Gasteiger partial charge in [-0.05, 0) is 12.1 Å². The molecule has 0 bridgehead atoms. The van der Waals surface area contributed by atoms with Gasteiger partial charge in [0.15, 0.2) is 0 Å². The van der Waals surface area contributed by atoms with Crippen molar-refractivity contribution in [2.75, 3.05) is 18.3 Å². The van der Waals surface area contributed by atoms with Crippen LogP contribution in [0.15, 0.2) is 18.2 Å². The normalized spacial score (nSPS) is 15.3. The topological polar surface area (TPSA) is 58.9 Å². The molecule has 1 heterocycles. The Kier molecular flexibility index (Phi) is 5.23. The average molecular weight is 421 g/mol. The molecule has 0 amide bonds. The van der Waals surface area contributed by atoms with E-state index in [9.17, 15) is 10.1 Å². The Morgan fingerprint density at radius 2 is 2.14 bits per heavy atom. The number of hydrogen-bond acceptors (Lipinski definition) is 5. The number of nitro groups is 1. The molecule has 0 saturated carbocycles. The number of nitro benzene ring substituents is 1. The van der Waals surface area contributed by atoms with Gasteiger partial charge in [-0.2, -0.15) is 3.22 Å². The van der Waals surface area contributed by atoms with Gasteiger partial charge in [0.25, 0.3) is 5.69 Å². The van der Waals surface area contributed by atoms with Crippen molar-refractivity contribution in [1.29, 1.82) is 0 Å². The zero-order chi connectivity index (χ0) is 15.6. The van der Waals surface area contributed by atoms with Crippen molar-refractivity contribution < 1.29 is 9.66 Å². The quantitative estimate of drug-likeness (QED) is 0.175. The van der Waals surface area contributed by atoms with Gasteiger partial charge in [0, 0.05) is 55.2 Å². The minimum Gasteiger partial charge on any atom is -0.360 e. The summed E-state index contributed by atoms with van der Waals surface area (Å²) in [6.07, 6.45) is 0. The summed E-state index contributed by atoms with van der Waals surface area (Å²) in [6, 6.07) is 6.12. The third-order valence-electron chi connectivity index (χ3n) is 3.32. The smallest absolute Gasteiger partial charge is 0.269 e. The van der Waals surface area contributed by atoms with Crippen LogP contribution >= 0.6 is 22.9 Å². The number of fused-ring (bicyclic) bond motifs is 1. The highest BCUT2D eigenvalue weighted by molar-refractivity contribution is 14.1. The van der Waals surface area contributed by atoms with Crippen molar-refractivity contribution in [1.82, 2.24) is 3.22 Å². The van der Waals surface area contributed by atoms with Gasteiger partial charge < -0.3 is 4.74 Å². The lowest BCUT2D eigenvalue weighted by Gasteiger charge is -2.25. The van der Waals surface area contributed by atoms with Crippen molar-refractivity contribution >= 4 is 42.3 Å². The molecule has 8 heteroatoms. The van der Waals surface area contributed by atoms with Crippen molar-refractivity contribution in [2.24, 2.45) is 0 Å². The first-order valence-corrected chi connectivity index (χ1v) is 11.5. The largest absolute Gasteiger partial charge is 0.360 e. The zero-order valence-corrected chi connectivity index (χ0v) is 15.7. The van der Waals surface area contributed by atoms with Gasteiger partial charge in [-0.1, -0.05) is 19.6 Å². The lowest BCUT2D eigenvalue weighted by molar-refractivity contribution is -0.384. The van der Waals surface area contributed by atoms with Gasteiger partial charge in [0.1, 0.15) is 6.73 Å². The molecular formula is C13H20IN3O3Si. The lowest BCUT2D eigenvalue weighted by Crippen LogP contribution is -2.33. The second kappa shape index (κ2) is 6.59. The second-order valence-electron chi connectivity index (χ2n) is 6.31. The molecule has 0 radical (unpaired) electrons. The molecule has 0 aliphatic carbocycles. The highest BCUT2D eigenvalue weighted by Crippen LogP contribution is 2.35. The molecule has 0 saturated heterocycles. The van der Waals surface area contributed by atoms with E-state index in [0.717, 1.165) is 23.9 Å². The Balaban J connectivity index is 1.99. The predicted molar refractivity (Wildman–Crippen MR) is 94.1 cm³/mol. The maximum atomic E-state index is 10.8. The Morgan fingerprint density at radius 3 is 2.76 bits per heavy atom. The SMILES string of the molecule is C[Si](C)(C)CCOCN1c2ccc([N+](=O)[O-])cc2CN1I. The van der Waals surface area contributed by atoms with E-state index < -0.39 is 8.07 Å². The van der Waals surface area contributed by atoms with E-state index in [0.29, 0.717) is 13.3 Å². The molecule has 0 fully saturated rings. The molecule has 116 valence electrons. The fraction of sp³-hybridized carbons (Fsp3) is 0.538. The fourth-order valence-electron chi connectivity index (χ4n) is 2.07. The highest BCUT2D eigenvalue weighted by Gasteiger charge is 2.27. The van der Waals surface area contributed by atoms with Crippen molar-refractivity contribution in [3.63, 3.8) is 0 Å². The van der Waals surface area contributed by atoms with Crippen LogP contribution in [0.1, 0.15) is 5.56 Å². The number of hydrazine groups is 1. The second-order valence-corrected chi connectivity index (χ2v) is 13.0. The zero-order valence-electron chi connectivity index (χ0n) is 12.5. The highest BCUT2D eigenvalue weighted by atomic mass is 127. The van der Waals surface area contributed by atoms with Gasteiger partial charge in [0.2, 0.25) is 0 Å². The van der Waals surface area contributed by atoms with Crippen molar-refractivity contribution in [3.05, 3.63) is 33.9 Å². The molecular weight excluding hydrogens is 401 g/mol. The summed E-state index contributed by atoms with van der Waals surface area (Å²) in [5, 5.41) is 12.8. The molecule has 0 aromatic heterocycles. The summed E-state index contributed by atoms with van der Waals surface area (Å²) in [5.74, 6) is 0. The third-order valence-corrected chi connectivity index (χ3v) is 5.89. The molecule has 0 N–H and O–H groups in total. The van der Waals surface area contributed by atoms with Crippen LogP contribution < -0.4 is 5.01 Å². The number of nitrogens with zero attached hydrogens (tertiary/aromatic N) is 3. The number of halogens is 1. The number of benzene rings is 1. The Morgan fingerprint density at radius 1 is 1.43 bits per heavy atom. The minimum absolute atomic E-state index is 0.139. The minimum atomic E-state index is -1.08. The van der Waals surface area contributed by atoms with Gasteiger partial charge in [-0.25, -0.2) is 0 Å². The molecule has 1 aliphatic heterocycles. The molecule has 2 rings (SSSR count). The number of ether oxygens (including phenoxy) is 1. The number of hydrogen-bond donors (Lipinski definition) is 0. The van der Waals surface area contributed by atoms with Crippen LogP contribution in [0.2, 0.25) is 25.7 Å². The Bertz CT molecular complexity index is 536. The van der Waals surface area contributed by atoms with Crippen molar-refractivity contribution in [3.8, 4) is 0 Å². The molecule has 1 aliphatic rings. The summed E-state index contributed by atoms with van der Waals surface area (Å²) in [4.78, 5) is 10.5. The summed E-state index contributed by atoms with van der Waals surface area (Å²) in [7, 11) is -1.08. The molecule has 21 heavy (non-hydrogen) atoms. The first-order chi connectivity index (χ1) is 9.78. The average Bonchev–Trinajstić information content (AvgIpc) is 2.68. The van der Waals surface area contributed by atoms with Crippen LogP contribution in [0.5, 0.6) is 0 Å². The van der Waals surface area contributed by atoms with Crippen LogP contribution in [-0.2, 0) is 11.3 Å². The monoisotopic (exact) mass is 421 g/mol. The van der Waals surface area contributed by atoms with E-state index in [1.165, 1.54) is 0 Å². The van der Waals surface area contributed by atoms with Crippen LogP contribution in [0.4, 0.5) is 11.4 Å². The molecule has 1 aromatic carbocycles. The standard InChI is InChI=1S/C13H20IN3O3Si/c1-21(2,3)7-6-20-10-15-13-5-4-12(17(18)19)8-11(13)9-16(15)14/h4-5,8H,6-7,9-10H2,1-3H3. The molecule has 1 aromatic rings. The third kappa shape index (κ3) is 4.38. The fourth-order valence-corrected chi connectivity index (χ4v) is 3.55. The summed E-state index contributed by atoms with van der Waals surface area (Å²) in [6.45, 7) is 8.88. The van der Waals surface area contributed by atoms with Crippen molar-refractivity contribution in [2.45, 2.75) is 32.2 Å². The first kappa shape index (κ1) is 16.7. The first-order valence-electron chi connectivity index (χ1n) is 6.84. The van der Waals surface area contributed by atoms with E-state index in [4.69, 9.17) is 4.74 Å². The van der Waals surface area contributed by atoms with Crippen LogP contribution in [0.3, 0.4) is 0 Å². The van der Waals surface area contributed by atoms with Gasteiger partial charge in [-0.15, -0.1) is 0 Å². The van der Waals surface area contributed by atoms with E-state index >= 15 is 0 Å². The lowest BCUT2D eigenvalue weighted by atomic mass is 10.2. The van der Waals surface area contributed by atoms with Crippen LogP contribution in [0, 0.1) is 10.1 Å². The van der Waals surface area contributed by atoms with E-state index in [2.05, 4.69) is 42.5 Å².